The van der Waals surface area contributed by atoms with E-state index in [4.69, 9.17) is 14.9 Å². The fourth-order valence-electron chi connectivity index (χ4n) is 2.73. The van der Waals surface area contributed by atoms with Gasteiger partial charge in [0.2, 0.25) is 0 Å². The molecule has 2 rings (SSSR count). The summed E-state index contributed by atoms with van der Waals surface area (Å²) in [6.07, 6.45) is 4.12. The molecular formula is C26H34O8. The van der Waals surface area contributed by atoms with E-state index in [1.54, 1.807) is 67.6 Å². The van der Waals surface area contributed by atoms with Crippen LogP contribution in [-0.4, -0.2) is 35.7 Å². The molecule has 0 fully saturated rings. The summed E-state index contributed by atoms with van der Waals surface area (Å²) in [5, 5.41) is 9.04. The smallest absolute Gasteiger partial charge is 0.386 e. The molecule has 0 saturated heterocycles. The van der Waals surface area contributed by atoms with E-state index in [0.717, 1.165) is 25.7 Å². The van der Waals surface area contributed by atoms with Crippen LogP contribution in [0.3, 0.4) is 0 Å². The molecule has 186 valence electrons. The molecule has 2 unspecified atom stereocenters. The Morgan fingerprint density at radius 1 is 0.794 bits per heavy atom. The number of carboxylic acid groups (broad SMARTS) is 1. The molecule has 0 heterocycles. The minimum Gasteiger partial charge on any atom is -0.481 e. The van der Waals surface area contributed by atoms with Crippen molar-refractivity contribution in [2.45, 2.75) is 59.0 Å². The Bertz CT molecular complexity index is 787. The SMILES string of the molecule is CCCCOOC(C)C(CCCC)C(=O)O.O=C(OOC(=O)c1ccccc1)c1ccccc1. The third-order valence-electron chi connectivity index (χ3n) is 4.77. The van der Waals surface area contributed by atoms with E-state index >= 15 is 0 Å². The van der Waals surface area contributed by atoms with E-state index in [-0.39, 0.29) is 6.10 Å². The Balaban J connectivity index is 0.000000344. The number of carbonyl (C=O) groups is 3. The van der Waals surface area contributed by atoms with Gasteiger partial charge in [0, 0.05) is 0 Å². The third kappa shape index (κ3) is 11.6. The Hall–Kier alpha value is -3.23. The number of unbranched alkanes of at least 4 members (excludes halogenated alkanes) is 2. The molecule has 0 radical (unpaired) electrons. The van der Waals surface area contributed by atoms with Crippen LogP contribution >= 0.6 is 0 Å². The van der Waals surface area contributed by atoms with Crippen molar-refractivity contribution in [2.75, 3.05) is 6.61 Å². The van der Waals surface area contributed by atoms with Gasteiger partial charge in [0.25, 0.3) is 0 Å². The number of aliphatic carboxylic acids is 1. The van der Waals surface area contributed by atoms with E-state index in [1.165, 1.54) is 0 Å². The normalized spacial score (nSPS) is 12.0. The molecule has 2 atom stereocenters. The van der Waals surface area contributed by atoms with E-state index in [9.17, 15) is 14.4 Å². The summed E-state index contributed by atoms with van der Waals surface area (Å²) >= 11 is 0. The molecular weight excluding hydrogens is 440 g/mol. The average Bonchev–Trinajstić information content (AvgIpc) is 2.86. The molecule has 2 aromatic carbocycles. The Morgan fingerprint density at radius 3 is 1.68 bits per heavy atom. The molecule has 0 aliphatic rings. The molecule has 34 heavy (non-hydrogen) atoms. The number of rotatable bonds is 12. The van der Waals surface area contributed by atoms with Gasteiger partial charge in [-0.15, -0.1) is 0 Å². The van der Waals surface area contributed by atoms with Crippen molar-refractivity contribution < 1.29 is 39.0 Å². The van der Waals surface area contributed by atoms with Crippen LogP contribution in [0.25, 0.3) is 0 Å². The van der Waals surface area contributed by atoms with Crippen LogP contribution in [0.5, 0.6) is 0 Å². The standard InChI is InChI=1S/C14H10O4.C12H24O4/c15-13(11-7-3-1-4-8-11)17-18-14(16)12-9-5-2-6-10-12;1-4-6-8-11(12(13)14)10(3)16-15-9-7-5-2/h1-10H;10-11H,4-9H2,1-3H3,(H,13,14). The van der Waals surface area contributed by atoms with Gasteiger partial charge in [0.15, 0.2) is 0 Å². The molecule has 8 nitrogen and oxygen atoms in total. The first-order valence-electron chi connectivity index (χ1n) is 11.4. The van der Waals surface area contributed by atoms with E-state index in [1.807, 2.05) is 6.92 Å². The van der Waals surface area contributed by atoms with Crippen molar-refractivity contribution in [1.82, 2.24) is 0 Å². The highest BCUT2D eigenvalue weighted by molar-refractivity contribution is 5.92. The molecule has 2 aromatic rings. The summed E-state index contributed by atoms with van der Waals surface area (Å²) in [6, 6.07) is 16.6. The first-order chi connectivity index (χ1) is 16.4. The van der Waals surface area contributed by atoms with Gasteiger partial charge < -0.3 is 5.11 Å². The second-order valence-corrected chi connectivity index (χ2v) is 7.54. The van der Waals surface area contributed by atoms with Gasteiger partial charge in [0.1, 0.15) is 6.10 Å². The summed E-state index contributed by atoms with van der Waals surface area (Å²) < 4.78 is 0. The predicted molar refractivity (Wildman–Crippen MR) is 126 cm³/mol. The fourth-order valence-corrected chi connectivity index (χ4v) is 2.73. The number of hydrogen-bond acceptors (Lipinski definition) is 7. The minimum atomic E-state index is -0.806. The summed E-state index contributed by atoms with van der Waals surface area (Å²) in [5.41, 5.74) is 0.636. The molecule has 0 spiro atoms. The van der Waals surface area contributed by atoms with Gasteiger partial charge >= 0.3 is 17.9 Å². The molecule has 0 bridgehead atoms. The highest BCUT2D eigenvalue weighted by Crippen LogP contribution is 2.16. The van der Waals surface area contributed by atoms with Crippen molar-refractivity contribution >= 4 is 17.9 Å². The zero-order chi connectivity index (χ0) is 25.2. The molecule has 8 heteroatoms. The molecule has 0 aliphatic carbocycles. The van der Waals surface area contributed by atoms with Crippen molar-refractivity contribution in [1.29, 1.82) is 0 Å². The van der Waals surface area contributed by atoms with E-state index in [0.29, 0.717) is 24.2 Å². The maximum atomic E-state index is 11.5. The maximum Gasteiger partial charge on any atom is 0.386 e. The highest BCUT2D eigenvalue weighted by Gasteiger charge is 2.25. The van der Waals surface area contributed by atoms with Gasteiger partial charge in [-0.25, -0.2) is 29.1 Å². The summed E-state index contributed by atoms with van der Waals surface area (Å²) in [6.45, 7) is 6.39. The van der Waals surface area contributed by atoms with Crippen LogP contribution in [0.15, 0.2) is 60.7 Å². The first-order valence-corrected chi connectivity index (χ1v) is 11.4. The van der Waals surface area contributed by atoms with Gasteiger partial charge in [0.05, 0.1) is 23.7 Å². The van der Waals surface area contributed by atoms with Crippen LogP contribution in [-0.2, 0) is 24.3 Å². The fraction of sp³-hybridized carbons (Fsp3) is 0.423. The summed E-state index contributed by atoms with van der Waals surface area (Å²) in [4.78, 5) is 52.9. The van der Waals surface area contributed by atoms with Crippen molar-refractivity contribution in [3.05, 3.63) is 71.8 Å². The predicted octanol–water partition coefficient (Wildman–Crippen LogP) is 5.63. The molecule has 1 N–H and O–H groups in total. The van der Waals surface area contributed by atoms with Gasteiger partial charge in [-0.3, -0.25) is 4.79 Å². The monoisotopic (exact) mass is 474 g/mol. The van der Waals surface area contributed by atoms with Crippen LogP contribution < -0.4 is 0 Å². The highest BCUT2D eigenvalue weighted by atomic mass is 17.2. The van der Waals surface area contributed by atoms with Gasteiger partial charge in [-0.05, 0) is 44.0 Å². The average molecular weight is 475 g/mol. The summed E-state index contributed by atoms with van der Waals surface area (Å²) in [7, 11) is 0. The molecule has 0 aliphatic heterocycles. The molecule has 0 aromatic heterocycles. The second-order valence-electron chi connectivity index (χ2n) is 7.54. The molecule has 0 amide bonds. The van der Waals surface area contributed by atoms with Crippen LogP contribution in [0.1, 0.15) is 73.6 Å². The maximum absolute atomic E-state index is 11.5. The second kappa shape index (κ2) is 17.3. The Labute approximate surface area is 200 Å². The lowest BCUT2D eigenvalue weighted by molar-refractivity contribution is -0.329. The van der Waals surface area contributed by atoms with Crippen molar-refractivity contribution in [3.63, 3.8) is 0 Å². The topological polar surface area (TPSA) is 108 Å². The largest absolute Gasteiger partial charge is 0.481 e. The lowest BCUT2D eigenvalue weighted by atomic mass is 9.97. The lowest BCUT2D eigenvalue weighted by Crippen LogP contribution is -2.28. The zero-order valence-electron chi connectivity index (χ0n) is 20.0. The van der Waals surface area contributed by atoms with Gasteiger partial charge in [-0.2, -0.15) is 0 Å². The van der Waals surface area contributed by atoms with E-state index < -0.39 is 23.8 Å². The minimum absolute atomic E-state index is 0.318. The first kappa shape index (κ1) is 28.8. The number of hydrogen-bond donors (Lipinski definition) is 1. The number of carboxylic acids is 1. The van der Waals surface area contributed by atoms with Gasteiger partial charge in [-0.1, -0.05) is 69.5 Å². The van der Waals surface area contributed by atoms with Crippen molar-refractivity contribution in [3.8, 4) is 0 Å². The number of benzene rings is 2. The lowest BCUT2D eigenvalue weighted by Gasteiger charge is -2.19. The van der Waals surface area contributed by atoms with E-state index in [2.05, 4.69) is 16.7 Å². The third-order valence-corrected chi connectivity index (χ3v) is 4.77. The quantitative estimate of drug-likeness (QED) is 0.239. The Kier molecular flexibility index (Phi) is 14.6. The Morgan fingerprint density at radius 2 is 1.26 bits per heavy atom. The van der Waals surface area contributed by atoms with Crippen molar-refractivity contribution in [2.24, 2.45) is 5.92 Å². The van der Waals surface area contributed by atoms with Crippen LogP contribution in [0.4, 0.5) is 0 Å². The van der Waals surface area contributed by atoms with Crippen LogP contribution in [0, 0.1) is 5.92 Å². The van der Waals surface area contributed by atoms with Crippen LogP contribution in [0.2, 0.25) is 0 Å². The zero-order valence-corrected chi connectivity index (χ0v) is 20.0. The number of carbonyl (C=O) groups excluding carboxylic acids is 2. The molecule has 0 saturated carbocycles. The summed E-state index contributed by atoms with van der Waals surface area (Å²) in [5.74, 6) is -2.69.